The van der Waals surface area contributed by atoms with Gasteiger partial charge < -0.3 is 9.47 Å². The second-order valence-corrected chi connectivity index (χ2v) is 5.97. The Labute approximate surface area is 116 Å². The highest BCUT2D eigenvalue weighted by Gasteiger charge is 2.61. The molecule has 96 valence electrons. The summed E-state index contributed by atoms with van der Waals surface area (Å²) in [6, 6.07) is 0. The molecule has 0 saturated carbocycles. The molecule has 5 unspecified atom stereocenters. The van der Waals surface area contributed by atoms with Gasteiger partial charge in [-0.2, -0.15) is 0 Å². The molecule has 3 rings (SSSR count). The Morgan fingerprint density at radius 3 is 3.11 bits per heavy atom. The van der Waals surface area contributed by atoms with Crippen molar-refractivity contribution in [2.24, 2.45) is 11.8 Å². The number of allylic oxidation sites excluding steroid dienone is 3. The number of hydrogen-bond acceptors (Lipinski definition) is 2. The van der Waals surface area contributed by atoms with Crippen molar-refractivity contribution >= 4 is 15.9 Å². The fourth-order valence-corrected chi connectivity index (χ4v) is 3.68. The molecule has 2 nitrogen and oxygen atoms in total. The number of rotatable bonds is 3. The third-order valence-corrected chi connectivity index (χ3v) is 5.02. The van der Waals surface area contributed by atoms with E-state index in [1.165, 1.54) is 4.48 Å². The van der Waals surface area contributed by atoms with Crippen molar-refractivity contribution in [2.45, 2.75) is 38.1 Å². The average molecular weight is 309 g/mol. The number of ether oxygens (including phenoxy) is 2. The topological polar surface area (TPSA) is 18.5 Å². The van der Waals surface area contributed by atoms with E-state index in [2.05, 4.69) is 41.2 Å². The third kappa shape index (κ3) is 1.73. The van der Waals surface area contributed by atoms with Gasteiger partial charge in [0.05, 0.1) is 12.0 Å². The van der Waals surface area contributed by atoms with E-state index in [0.29, 0.717) is 17.9 Å². The third-order valence-electron chi connectivity index (χ3n) is 4.07. The lowest BCUT2D eigenvalue weighted by Crippen LogP contribution is -2.28. The molecule has 3 aliphatic rings. The van der Waals surface area contributed by atoms with E-state index in [9.17, 15) is 0 Å². The van der Waals surface area contributed by atoms with Gasteiger partial charge in [0, 0.05) is 16.8 Å². The van der Waals surface area contributed by atoms with Gasteiger partial charge in [0.25, 0.3) is 0 Å². The second kappa shape index (κ2) is 4.73. The predicted octanol–water partition coefficient (Wildman–Crippen LogP) is 3.70. The van der Waals surface area contributed by atoms with Crippen molar-refractivity contribution in [1.29, 1.82) is 0 Å². The number of halogens is 1. The van der Waals surface area contributed by atoms with E-state index in [1.54, 1.807) is 0 Å². The molecule has 3 saturated heterocycles. The van der Waals surface area contributed by atoms with Crippen LogP contribution in [0.15, 0.2) is 40.8 Å². The summed E-state index contributed by atoms with van der Waals surface area (Å²) < 4.78 is 13.3. The summed E-state index contributed by atoms with van der Waals surface area (Å²) in [4.78, 5) is 0. The first-order valence-corrected chi connectivity index (χ1v) is 7.28. The lowest BCUT2D eigenvalue weighted by atomic mass is 9.79. The van der Waals surface area contributed by atoms with Gasteiger partial charge in [-0.15, -0.1) is 5.73 Å². The van der Waals surface area contributed by atoms with Crippen LogP contribution >= 0.6 is 15.9 Å². The van der Waals surface area contributed by atoms with E-state index >= 15 is 0 Å². The van der Waals surface area contributed by atoms with Gasteiger partial charge in [-0.25, -0.2) is 0 Å². The molecule has 0 aromatic carbocycles. The summed E-state index contributed by atoms with van der Waals surface area (Å²) in [5.74, 6) is 1.93. The standard InChI is InChI=1S/C15H17BrO2/c1-3-5-6-7-9-11-8-12-15(17-11)13(9)14(18-12)10(16)4-2/h5-7,9,11-13,15H,1,4,8H2,2H3. The Bertz CT molecular complexity index is 457. The average Bonchev–Trinajstić information content (AvgIpc) is 2.97. The summed E-state index contributed by atoms with van der Waals surface area (Å²) in [6.45, 7) is 5.71. The summed E-state index contributed by atoms with van der Waals surface area (Å²) >= 11 is 3.64. The maximum atomic E-state index is 6.06. The monoisotopic (exact) mass is 308 g/mol. The van der Waals surface area contributed by atoms with Crippen LogP contribution in [-0.4, -0.2) is 18.3 Å². The maximum Gasteiger partial charge on any atom is 0.128 e. The Morgan fingerprint density at radius 1 is 1.56 bits per heavy atom. The molecule has 0 spiro atoms. The Morgan fingerprint density at radius 2 is 2.39 bits per heavy atom. The molecule has 3 heterocycles. The van der Waals surface area contributed by atoms with Crippen LogP contribution in [0.3, 0.4) is 0 Å². The van der Waals surface area contributed by atoms with Crippen LogP contribution in [0.4, 0.5) is 0 Å². The van der Waals surface area contributed by atoms with Gasteiger partial charge in [-0.3, -0.25) is 0 Å². The molecular weight excluding hydrogens is 292 g/mol. The maximum absolute atomic E-state index is 6.06. The molecule has 0 N–H and O–H groups in total. The lowest BCUT2D eigenvalue weighted by molar-refractivity contribution is 0.0709. The van der Waals surface area contributed by atoms with Crippen molar-refractivity contribution in [3.8, 4) is 0 Å². The molecular formula is C15H17BrO2. The SMILES string of the molecule is C=C=CC=CC1C2CC3OC(=C(Br)CC)C1C3O2. The normalized spacial score (nSPS) is 43.1. The number of fused-ring (bicyclic) bond motifs is 1. The van der Waals surface area contributed by atoms with E-state index < -0.39 is 0 Å². The van der Waals surface area contributed by atoms with Crippen LogP contribution in [0.1, 0.15) is 19.8 Å². The van der Waals surface area contributed by atoms with Crippen molar-refractivity contribution in [2.75, 3.05) is 0 Å². The molecule has 2 bridgehead atoms. The van der Waals surface area contributed by atoms with Crippen molar-refractivity contribution in [3.63, 3.8) is 0 Å². The van der Waals surface area contributed by atoms with E-state index in [0.717, 1.165) is 18.6 Å². The summed E-state index contributed by atoms with van der Waals surface area (Å²) in [5, 5.41) is 0. The van der Waals surface area contributed by atoms with E-state index in [4.69, 9.17) is 9.47 Å². The molecule has 18 heavy (non-hydrogen) atoms. The van der Waals surface area contributed by atoms with E-state index in [-0.39, 0.29) is 12.2 Å². The first-order valence-electron chi connectivity index (χ1n) is 6.49. The summed E-state index contributed by atoms with van der Waals surface area (Å²) in [6.07, 6.45) is 8.91. The molecule has 0 aromatic rings. The zero-order valence-electron chi connectivity index (χ0n) is 10.4. The fraction of sp³-hybridized carbons (Fsp3) is 0.533. The molecule has 3 fully saturated rings. The van der Waals surface area contributed by atoms with Gasteiger partial charge >= 0.3 is 0 Å². The molecule has 0 aliphatic carbocycles. The molecule has 0 radical (unpaired) electrons. The van der Waals surface area contributed by atoms with Crippen LogP contribution in [0.5, 0.6) is 0 Å². The van der Waals surface area contributed by atoms with Gasteiger partial charge in [0.15, 0.2) is 0 Å². The van der Waals surface area contributed by atoms with Crippen LogP contribution in [0.2, 0.25) is 0 Å². The highest BCUT2D eigenvalue weighted by Crippen LogP contribution is 2.55. The van der Waals surface area contributed by atoms with Crippen molar-refractivity contribution in [3.05, 3.63) is 40.8 Å². The first-order chi connectivity index (χ1) is 8.76. The molecule has 3 aliphatic heterocycles. The van der Waals surface area contributed by atoms with Gasteiger partial charge in [0.2, 0.25) is 0 Å². The van der Waals surface area contributed by atoms with Crippen molar-refractivity contribution in [1.82, 2.24) is 0 Å². The fourth-order valence-electron chi connectivity index (χ4n) is 3.32. The summed E-state index contributed by atoms with van der Waals surface area (Å²) in [7, 11) is 0. The second-order valence-electron chi connectivity index (χ2n) is 5.01. The molecule has 5 atom stereocenters. The van der Waals surface area contributed by atoms with Crippen LogP contribution in [-0.2, 0) is 9.47 Å². The Kier molecular flexibility index (Phi) is 3.23. The van der Waals surface area contributed by atoms with Gasteiger partial charge in [0.1, 0.15) is 18.0 Å². The highest BCUT2D eigenvalue weighted by atomic mass is 79.9. The van der Waals surface area contributed by atoms with Gasteiger partial charge in [-0.1, -0.05) is 41.6 Å². The predicted molar refractivity (Wildman–Crippen MR) is 74.2 cm³/mol. The first kappa shape index (κ1) is 12.3. The van der Waals surface area contributed by atoms with E-state index in [1.807, 2.05) is 12.2 Å². The zero-order chi connectivity index (χ0) is 12.7. The Hall–Kier alpha value is -0.760. The minimum Gasteiger partial charge on any atom is -0.491 e. The minimum absolute atomic E-state index is 0.256. The van der Waals surface area contributed by atoms with Crippen LogP contribution < -0.4 is 0 Å². The van der Waals surface area contributed by atoms with Crippen LogP contribution in [0.25, 0.3) is 0 Å². The minimum atomic E-state index is 0.256. The quantitative estimate of drug-likeness (QED) is 0.584. The smallest absolute Gasteiger partial charge is 0.128 e. The molecule has 0 amide bonds. The Balaban J connectivity index is 1.91. The van der Waals surface area contributed by atoms with Crippen molar-refractivity contribution < 1.29 is 9.47 Å². The van der Waals surface area contributed by atoms with Crippen LogP contribution in [0, 0.1) is 11.8 Å². The largest absolute Gasteiger partial charge is 0.491 e. The molecule has 3 heteroatoms. The highest BCUT2D eigenvalue weighted by molar-refractivity contribution is 9.11. The number of hydrogen-bond donors (Lipinski definition) is 0. The van der Waals surface area contributed by atoms with Gasteiger partial charge in [-0.05, 0) is 12.5 Å². The zero-order valence-corrected chi connectivity index (χ0v) is 12.0. The lowest BCUT2D eigenvalue weighted by Gasteiger charge is -2.19. The summed E-state index contributed by atoms with van der Waals surface area (Å²) in [5.41, 5.74) is 2.77. The molecule has 0 aromatic heterocycles.